The van der Waals surface area contributed by atoms with Crippen LogP contribution in [0.4, 0.5) is 0 Å². The molecule has 0 fully saturated rings. The van der Waals surface area contributed by atoms with Gasteiger partial charge in [0.25, 0.3) is 0 Å². The predicted molar refractivity (Wildman–Crippen MR) is 73.4 cm³/mol. The van der Waals surface area contributed by atoms with E-state index < -0.39 is 36.1 Å². The number of carbonyl (C=O) groups is 4. The van der Waals surface area contributed by atoms with Crippen LogP contribution in [0, 0.1) is 0 Å². The fourth-order valence-corrected chi connectivity index (χ4v) is 1.27. The quantitative estimate of drug-likeness (QED) is 0.340. The Labute approximate surface area is 127 Å². The summed E-state index contributed by atoms with van der Waals surface area (Å²) >= 11 is 0. The molecule has 0 spiro atoms. The van der Waals surface area contributed by atoms with E-state index in [1.165, 1.54) is 12.2 Å². The van der Waals surface area contributed by atoms with Gasteiger partial charge < -0.3 is 18.9 Å². The molecule has 0 bridgehead atoms. The third kappa shape index (κ3) is 7.22. The van der Waals surface area contributed by atoms with Crippen molar-refractivity contribution in [2.24, 2.45) is 0 Å². The van der Waals surface area contributed by atoms with E-state index in [1.54, 1.807) is 0 Å². The van der Waals surface area contributed by atoms with Crippen LogP contribution in [-0.2, 0) is 38.1 Å². The largest absolute Gasteiger partial charge is 0.459 e. The summed E-state index contributed by atoms with van der Waals surface area (Å²) < 4.78 is 18.9. The van der Waals surface area contributed by atoms with Gasteiger partial charge in [-0.2, -0.15) is 0 Å². The van der Waals surface area contributed by atoms with Gasteiger partial charge in [-0.25, -0.2) is 9.59 Å². The summed E-state index contributed by atoms with van der Waals surface area (Å²) in [5.41, 5.74) is 0. The van der Waals surface area contributed by atoms with Crippen LogP contribution in [0.2, 0.25) is 0 Å². The molecule has 8 heteroatoms. The lowest BCUT2D eigenvalue weighted by Crippen LogP contribution is -2.47. The number of esters is 4. The van der Waals surface area contributed by atoms with Gasteiger partial charge in [0, 0.05) is 13.8 Å². The Morgan fingerprint density at radius 3 is 1.36 bits per heavy atom. The molecule has 0 aliphatic rings. The summed E-state index contributed by atoms with van der Waals surface area (Å²) in [5.74, 6) is -3.88. The molecule has 0 aliphatic carbocycles. The highest BCUT2D eigenvalue weighted by atomic mass is 16.6. The lowest BCUT2D eigenvalue weighted by Gasteiger charge is -2.23. The van der Waals surface area contributed by atoms with E-state index in [-0.39, 0.29) is 13.2 Å². The zero-order valence-electron chi connectivity index (χ0n) is 12.4. The second-order valence-corrected chi connectivity index (χ2v) is 3.90. The van der Waals surface area contributed by atoms with Gasteiger partial charge >= 0.3 is 23.9 Å². The summed E-state index contributed by atoms with van der Waals surface area (Å²) in [6.07, 6.45) is -1.00. The van der Waals surface area contributed by atoms with Crippen molar-refractivity contribution in [3.8, 4) is 0 Å². The molecular weight excluding hydrogens is 296 g/mol. The molecule has 0 radical (unpaired) electrons. The highest BCUT2D eigenvalue weighted by molar-refractivity contribution is 5.89. The number of hydrogen-bond acceptors (Lipinski definition) is 8. The van der Waals surface area contributed by atoms with Crippen LogP contribution in [0.3, 0.4) is 0 Å². The van der Waals surface area contributed by atoms with E-state index in [2.05, 4.69) is 13.2 Å². The number of hydrogen-bond donors (Lipinski definition) is 0. The summed E-state index contributed by atoms with van der Waals surface area (Å²) in [5, 5.41) is 0. The maximum Gasteiger partial charge on any atom is 0.352 e. The second kappa shape index (κ2) is 10.1. The van der Waals surface area contributed by atoms with E-state index >= 15 is 0 Å². The third-order valence-electron chi connectivity index (χ3n) is 2.01. The van der Waals surface area contributed by atoms with Crippen LogP contribution in [0.25, 0.3) is 0 Å². The topological polar surface area (TPSA) is 105 Å². The summed E-state index contributed by atoms with van der Waals surface area (Å²) in [7, 11) is 0. The van der Waals surface area contributed by atoms with Gasteiger partial charge in [0.15, 0.2) is 0 Å². The van der Waals surface area contributed by atoms with Gasteiger partial charge in [-0.3, -0.25) is 9.59 Å². The molecular formula is C14H18O8. The summed E-state index contributed by atoms with van der Waals surface area (Å²) in [6, 6.07) is 0. The molecule has 2 unspecified atom stereocenters. The normalized spacial score (nSPS) is 12.3. The van der Waals surface area contributed by atoms with Crippen LogP contribution < -0.4 is 0 Å². The van der Waals surface area contributed by atoms with Gasteiger partial charge in [0.2, 0.25) is 12.2 Å². The fourth-order valence-electron chi connectivity index (χ4n) is 1.27. The molecule has 0 N–H and O–H groups in total. The van der Waals surface area contributed by atoms with E-state index in [0.717, 1.165) is 13.8 Å². The first kappa shape index (κ1) is 19.4. The van der Waals surface area contributed by atoms with Crippen molar-refractivity contribution >= 4 is 23.9 Å². The van der Waals surface area contributed by atoms with Crippen LogP contribution in [0.5, 0.6) is 0 Å². The molecule has 0 saturated carbocycles. The molecule has 0 aliphatic heterocycles. The molecule has 0 aromatic rings. The Bertz CT molecular complexity index is 412. The van der Waals surface area contributed by atoms with Crippen molar-refractivity contribution in [2.75, 3.05) is 13.2 Å². The van der Waals surface area contributed by atoms with Crippen molar-refractivity contribution in [3.63, 3.8) is 0 Å². The Balaban J connectivity index is 5.30. The molecule has 0 amide bonds. The lowest BCUT2D eigenvalue weighted by molar-refractivity contribution is -0.189. The highest BCUT2D eigenvalue weighted by Crippen LogP contribution is 2.11. The Kier molecular flexibility index (Phi) is 8.92. The standard InChI is InChI=1S/C14H18O8/c1-5-7-19-13(17)11(21-9(3)15)12(22-10(4)16)14(18)20-8-6-2/h5-6,11-12H,1-2,7-8H2,3-4H3. The van der Waals surface area contributed by atoms with Gasteiger partial charge in [-0.05, 0) is 0 Å². The summed E-state index contributed by atoms with van der Waals surface area (Å²) in [4.78, 5) is 45.9. The Morgan fingerprint density at radius 2 is 1.14 bits per heavy atom. The van der Waals surface area contributed by atoms with Gasteiger partial charge in [-0.15, -0.1) is 0 Å². The van der Waals surface area contributed by atoms with Crippen LogP contribution in [0.1, 0.15) is 13.8 Å². The average molecular weight is 314 g/mol. The van der Waals surface area contributed by atoms with Crippen LogP contribution in [0.15, 0.2) is 25.3 Å². The third-order valence-corrected chi connectivity index (χ3v) is 2.01. The second-order valence-electron chi connectivity index (χ2n) is 3.90. The first-order valence-electron chi connectivity index (χ1n) is 6.23. The first-order chi connectivity index (χ1) is 10.3. The zero-order valence-corrected chi connectivity index (χ0v) is 12.4. The van der Waals surface area contributed by atoms with Crippen molar-refractivity contribution in [3.05, 3.63) is 25.3 Å². The maximum absolute atomic E-state index is 11.9. The van der Waals surface area contributed by atoms with E-state index in [9.17, 15) is 19.2 Å². The average Bonchev–Trinajstić information content (AvgIpc) is 2.45. The minimum absolute atomic E-state index is 0.176. The molecule has 0 aromatic carbocycles. The molecule has 0 saturated heterocycles. The van der Waals surface area contributed by atoms with Crippen LogP contribution in [-0.4, -0.2) is 49.3 Å². The predicted octanol–water partition coefficient (Wildman–Crippen LogP) is 0.308. The minimum atomic E-state index is -1.78. The monoisotopic (exact) mass is 314 g/mol. The zero-order chi connectivity index (χ0) is 17.1. The molecule has 22 heavy (non-hydrogen) atoms. The molecule has 0 heterocycles. The van der Waals surface area contributed by atoms with Gasteiger partial charge in [-0.1, -0.05) is 25.3 Å². The van der Waals surface area contributed by atoms with Gasteiger partial charge in [0.1, 0.15) is 13.2 Å². The highest BCUT2D eigenvalue weighted by Gasteiger charge is 2.41. The van der Waals surface area contributed by atoms with E-state index in [1.807, 2.05) is 0 Å². The number of ether oxygens (including phenoxy) is 4. The number of rotatable bonds is 9. The van der Waals surface area contributed by atoms with Crippen molar-refractivity contribution in [2.45, 2.75) is 26.1 Å². The molecule has 8 nitrogen and oxygen atoms in total. The number of carbonyl (C=O) groups excluding carboxylic acids is 4. The summed E-state index contributed by atoms with van der Waals surface area (Å²) in [6.45, 7) is 8.39. The van der Waals surface area contributed by atoms with Crippen molar-refractivity contribution in [1.82, 2.24) is 0 Å². The maximum atomic E-state index is 11.9. The SMILES string of the molecule is C=CCOC(=O)C(OC(C)=O)C(OC(C)=O)C(=O)OCC=C. The van der Waals surface area contributed by atoms with Crippen LogP contribution >= 0.6 is 0 Å². The minimum Gasteiger partial charge on any atom is -0.459 e. The van der Waals surface area contributed by atoms with E-state index in [4.69, 9.17) is 18.9 Å². The Hall–Kier alpha value is -2.64. The van der Waals surface area contributed by atoms with E-state index in [0.29, 0.717) is 0 Å². The molecule has 0 aromatic heterocycles. The van der Waals surface area contributed by atoms with Crippen molar-refractivity contribution in [1.29, 1.82) is 0 Å². The molecule has 0 rings (SSSR count). The van der Waals surface area contributed by atoms with Gasteiger partial charge in [0.05, 0.1) is 0 Å². The Morgan fingerprint density at radius 1 is 0.818 bits per heavy atom. The molecule has 2 atom stereocenters. The smallest absolute Gasteiger partial charge is 0.352 e. The lowest BCUT2D eigenvalue weighted by atomic mass is 10.2. The first-order valence-corrected chi connectivity index (χ1v) is 6.23. The fraction of sp³-hybridized carbons (Fsp3) is 0.429. The van der Waals surface area contributed by atoms with Crippen molar-refractivity contribution < 1.29 is 38.1 Å². The molecule has 122 valence electrons.